The summed E-state index contributed by atoms with van der Waals surface area (Å²) >= 11 is 1.57. The lowest BCUT2D eigenvalue weighted by Gasteiger charge is -2.29. The van der Waals surface area contributed by atoms with Crippen molar-refractivity contribution in [3.05, 3.63) is 65.2 Å². The predicted molar refractivity (Wildman–Crippen MR) is 139 cm³/mol. The molecule has 4 aromatic rings. The van der Waals surface area contributed by atoms with Crippen LogP contribution < -0.4 is 9.64 Å². The Morgan fingerprint density at radius 3 is 2.59 bits per heavy atom. The number of rotatable bonds is 6. The van der Waals surface area contributed by atoms with Gasteiger partial charge in [-0.25, -0.2) is 4.98 Å². The summed E-state index contributed by atoms with van der Waals surface area (Å²) in [6.07, 6.45) is 0. The number of aromatic nitrogens is 1. The first-order valence-corrected chi connectivity index (χ1v) is 12.4. The van der Waals surface area contributed by atoms with Crippen LogP contribution in [0.3, 0.4) is 0 Å². The SMILES string of the molecule is COc1cc2ccccc2cc1C(=O)N(CCN1CCOCC1)c1nc2c(C)cc(C)cc2s1. The number of anilines is 1. The number of thiazole rings is 1. The lowest BCUT2D eigenvalue weighted by atomic mass is 10.0. The van der Waals surface area contributed by atoms with Crippen LogP contribution in [0.4, 0.5) is 5.13 Å². The molecule has 1 aliphatic heterocycles. The van der Waals surface area contributed by atoms with Crippen LogP contribution in [0.1, 0.15) is 21.5 Å². The molecule has 1 aromatic heterocycles. The van der Waals surface area contributed by atoms with Crippen molar-refractivity contribution >= 4 is 43.4 Å². The molecule has 0 unspecified atom stereocenters. The van der Waals surface area contributed by atoms with Gasteiger partial charge in [0.2, 0.25) is 0 Å². The number of carbonyl (C=O) groups excluding carboxylic acids is 1. The second-order valence-corrected chi connectivity index (χ2v) is 9.74. The molecule has 2 heterocycles. The monoisotopic (exact) mass is 475 g/mol. The van der Waals surface area contributed by atoms with Crippen molar-refractivity contribution in [2.75, 3.05) is 51.4 Å². The summed E-state index contributed by atoms with van der Waals surface area (Å²) in [6, 6.07) is 16.2. The molecule has 6 nitrogen and oxygen atoms in total. The van der Waals surface area contributed by atoms with E-state index >= 15 is 0 Å². The van der Waals surface area contributed by atoms with Crippen LogP contribution in [0.15, 0.2) is 48.5 Å². The van der Waals surface area contributed by atoms with Gasteiger partial charge in [0.25, 0.3) is 5.91 Å². The van der Waals surface area contributed by atoms with Gasteiger partial charge in [0, 0.05) is 26.2 Å². The third-order valence-corrected chi connectivity index (χ3v) is 7.36. The van der Waals surface area contributed by atoms with E-state index in [1.807, 2.05) is 41.3 Å². The summed E-state index contributed by atoms with van der Waals surface area (Å²) in [6.45, 7) is 8.68. The Balaban J connectivity index is 1.55. The molecule has 1 amide bonds. The predicted octanol–water partition coefficient (Wildman–Crippen LogP) is 5.05. The summed E-state index contributed by atoms with van der Waals surface area (Å²) in [7, 11) is 1.61. The molecule has 7 heteroatoms. The van der Waals surface area contributed by atoms with Crippen LogP contribution in [0, 0.1) is 13.8 Å². The fourth-order valence-electron chi connectivity index (χ4n) is 4.53. The summed E-state index contributed by atoms with van der Waals surface area (Å²) in [4.78, 5) is 23.1. The van der Waals surface area contributed by atoms with Crippen LogP contribution >= 0.6 is 11.3 Å². The number of hydrogen-bond acceptors (Lipinski definition) is 6. The van der Waals surface area contributed by atoms with Crippen molar-refractivity contribution < 1.29 is 14.3 Å². The van der Waals surface area contributed by atoms with Crippen molar-refractivity contribution in [1.82, 2.24) is 9.88 Å². The molecule has 0 N–H and O–H groups in total. The highest BCUT2D eigenvalue weighted by Crippen LogP contribution is 2.34. The maximum atomic E-state index is 14.0. The third kappa shape index (κ3) is 4.51. The number of morpholine rings is 1. The second-order valence-electron chi connectivity index (χ2n) is 8.74. The van der Waals surface area contributed by atoms with E-state index < -0.39 is 0 Å². The lowest BCUT2D eigenvalue weighted by Crippen LogP contribution is -2.43. The standard InChI is InChI=1S/C27H29N3O3S/c1-18-14-19(2)25-24(15-18)34-27(28-25)30(9-8-29-10-12-33-13-11-29)26(31)22-16-20-6-4-5-7-21(20)17-23(22)32-3/h4-7,14-17H,8-13H2,1-3H3. The molecule has 0 atom stereocenters. The topological polar surface area (TPSA) is 54.9 Å². The molecule has 3 aromatic carbocycles. The minimum atomic E-state index is -0.0932. The molecule has 0 spiro atoms. The molecule has 1 fully saturated rings. The van der Waals surface area contributed by atoms with Gasteiger partial charge < -0.3 is 9.47 Å². The number of amides is 1. The second kappa shape index (κ2) is 9.70. The molecule has 0 bridgehead atoms. The minimum Gasteiger partial charge on any atom is -0.496 e. The molecular weight excluding hydrogens is 446 g/mol. The fraction of sp³-hybridized carbons (Fsp3) is 0.333. The fourth-order valence-corrected chi connectivity index (χ4v) is 5.69. The molecule has 0 aliphatic carbocycles. The van der Waals surface area contributed by atoms with Gasteiger partial charge in [0.1, 0.15) is 5.75 Å². The third-order valence-electron chi connectivity index (χ3n) is 6.34. The van der Waals surface area contributed by atoms with Gasteiger partial charge in [0.15, 0.2) is 5.13 Å². The van der Waals surface area contributed by atoms with Crippen LogP contribution in [0.5, 0.6) is 5.75 Å². The first kappa shape index (κ1) is 22.8. The van der Waals surface area contributed by atoms with Crippen LogP contribution in [-0.2, 0) is 4.74 Å². The van der Waals surface area contributed by atoms with Gasteiger partial charge in [-0.3, -0.25) is 14.6 Å². The highest BCUT2D eigenvalue weighted by Gasteiger charge is 2.26. The Kier molecular flexibility index (Phi) is 6.50. The molecule has 34 heavy (non-hydrogen) atoms. The van der Waals surface area contributed by atoms with Gasteiger partial charge in [-0.15, -0.1) is 0 Å². The number of carbonyl (C=O) groups is 1. The molecule has 1 aliphatic rings. The lowest BCUT2D eigenvalue weighted by molar-refractivity contribution is 0.0391. The molecule has 176 valence electrons. The van der Waals surface area contributed by atoms with Gasteiger partial charge in [0.05, 0.1) is 36.1 Å². The smallest absolute Gasteiger partial charge is 0.263 e. The highest BCUT2D eigenvalue weighted by atomic mass is 32.1. The van der Waals surface area contributed by atoms with Gasteiger partial charge in [-0.1, -0.05) is 41.7 Å². The van der Waals surface area contributed by atoms with Crippen LogP contribution in [0.25, 0.3) is 21.0 Å². The summed E-state index contributed by atoms with van der Waals surface area (Å²) in [5.41, 5.74) is 3.83. The Labute approximate surface area is 203 Å². The average Bonchev–Trinajstić information content (AvgIpc) is 3.28. The molecular formula is C27H29N3O3S. The summed E-state index contributed by atoms with van der Waals surface area (Å²) in [5, 5.41) is 2.77. The number of benzene rings is 3. The normalized spacial score (nSPS) is 14.6. The van der Waals surface area contributed by atoms with E-state index in [-0.39, 0.29) is 5.91 Å². The summed E-state index contributed by atoms with van der Waals surface area (Å²) < 4.78 is 12.3. The summed E-state index contributed by atoms with van der Waals surface area (Å²) in [5.74, 6) is 0.484. The molecule has 1 saturated heterocycles. The number of hydrogen-bond donors (Lipinski definition) is 0. The minimum absolute atomic E-state index is 0.0932. The van der Waals surface area contributed by atoms with Crippen molar-refractivity contribution in [2.24, 2.45) is 0 Å². The van der Waals surface area contributed by atoms with Crippen molar-refractivity contribution in [3.63, 3.8) is 0 Å². The number of aryl methyl sites for hydroxylation is 2. The van der Waals surface area contributed by atoms with E-state index in [9.17, 15) is 4.79 Å². The number of ether oxygens (including phenoxy) is 2. The van der Waals surface area contributed by atoms with E-state index in [0.717, 1.165) is 64.5 Å². The molecule has 0 radical (unpaired) electrons. The Morgan fingerprint density at radius 2 is 1.85 bits per heavy atom. The van der Waals surface area contributed by atoms with Crippen molar-refractivity contribution in [3.8, 4) is 5.75 Å². The molecule has 5 rings (SSSR count). The maximum absolute atomic E-state index is 14.0. The Hall–Kier alpha value is -3.00. The zero-order valence-corrected chi connectivity index (χ0v) is 20.7. The van der Waals surface area contributed by atoms with E-state index in [4.69, 9.17) is 14.5 Å². The zero-order valence-electron chi connectivity index (χ0n) is 19.8. The highest BCUT2D eigenvalue weighted by molar-refractivity contribution is 7.22. The number of nitrogens with zero attached hydrogens (tertiary/aromatic N) is 3. The largest absolute Gasteiger partial charge is 0.496 e. The van der Waals surface area contributed by atoms with E-state index in [1.165, 1.54) is 5.56 Å². The van der Waals surface area contributed by atoms with E-state index in [2.05, 4.69) is 30.9 Å². The number of methoxy groups -OCH3 is 1. The first-order chi connectivity index (χ1) is 16.5. The van der Waals surface area contributed by atoms with Crippen molar-refractivity contribution in [2.45, 2.75) is 13.8 Å². The van der Waals surface area contributed by atoms with Gasteiger partial charge >= 0.3 is 0 Å². The molecule has 0 saturated carbocycles. The first-order valence-electron chi connectivity index (χ1n) is 11.6. The number of fused-ring (bicyclic) bond motifs is 2. The maximum Gasteiger partial charge on any atom is 0.263 e. The van der Waals surface area contributed by atoms with Gasteiger partial charge in [-0.05, 0) is 53.9 Å². The van der Waals surface area contributed by atoms with E-state index in [0.29, 0.717) is 17.9 Å². The van der Waals surface area contributed by atoms with Crippen LogP contribution in [0.2, 0.25) is 0 Å². The van der Waals surface area contributed by atoms with Gasteiger partial charge in [-0.2, -0.15) is 0 Å². The van der Waals surface area contributed by atoms with Crippen LogP contribution in [-0.4, -0.2) is 62.3 Å². The quantitative estimate of drug-likeness (QED) is 0.390. The Morgan fingerprint density at radius 1 is 1.12 bits per heavy atom. The van der Waals surface area contributed by atoms with E-state index in [1.54, 1.807) is 18.4 Å². The zero-order chi connectivity index (χ0) is 23.7. The van der Waals surface area contributed by atoms with Crippen molar-refractivity contribution in [1.29, 1.82) is 0 Å². The average molecular weight is 476 g/mol. The Bertz CT molecular complexity index is 1340.